The molecule has 3 aromatic rings. The van der Waals surface area contributed by atoms with Crippen LogP contribution in [-0.2, 0) is 13.0 Å². The highest BCUT2D eigenvalue weighted by Gasteiger charge is 2.20. The summed E-state index contributed by atoms with van der Waals surface area (Å²) in [4.78, 5) is 3.28. The molecule has 0 unspecified atom stereocenters. The van der Waals surface area contributed by atoms with Crippen molar-refractivity contribution in [3.63, 3.8) is 0 Å². The Morgan fingerprint density at radius 1 is 1.00 bits per heavy atom. The molecule has 4 rings (SSSR count). The second kappa shape index (κ2) is 4.46. The fourth-order valence-corrected chi connectivity index (χ4v) is 3.08. The highest BCUT2D eigenvalue weighted by molar-refractivity contribution is 5.99. The van der Waals surface area contributed by atoms with Gasteiger partial charge in [-0.3, -0.25) is 0 Å². The van der Waals surface area contributed by atoms with Gasteiger partial charge < -0.3 is 10.3 Å². The molecule has 0 saturated heterocycles. The third kappa shape index (κ3) is 1.67. The fourth-order valence-electron chi connectivity index (χ4n) is 3.08. The number of aromatic nitrogens is 1. The maximum atomic E-state index is 14.1. The predicted molar refractivity (Wildman–Crippen MR) is 79.1 cm³/mol. The number of hydrogen-bond donors (Lipinski definition) is 2. The van der Waals surface area contributed by atoms with Gasteiger partial charge in [-0.15, -0.1) is 0 Å². The first kappa shape index (κ1) is 11.7. The van der Waals surface area contributed by atoms with Crippen LogP contribution >= 0.6 is 0 Å². The molecule has 3 heteroatoms. The van der Waals surface area contributed by atoms with E-state index in [9.17, 15) is 4.39 Å². The van der Waals surface area contributed by atoms with Crippen LogP contribution in [0.25, 0.3) is 22.0 Å². The average Bonchev–Trinajstić information content (AvgIpc) is 2.89. The molecule has 1 aromatic heterocycles. The molecule has 0 saturated carbocycles. The Hall–Kier alpha value is -2.13. The van der Waals surface area contributed by atoms with Crippen molar-refractivity contribution in [3.05, 3.63) is 59.5 Å². The molecule has 1 aliphatic rings. The number of aromatic amines is 1. The zero-order chi connectivity index (χ0) is 13.5. The third-order valence-electron chi connectivity index (χ3n) is 4.03. The number of fused-ring (bicyclic) bond motifs is 3. The molecule has 0 bridgehead atoms. The molecule has 2 N–H and O–H groups in total. The molecule has 0 amide bonds. The number of nitrogens with one attached hydrogen (secondary N) is 2. The number of rotatable bonds is 1. The first-order valence-corrected chi connectivity index (χ1v) is 6.92. The average molecular weight is 266 g/mol. The zero-order valence-electron chi connectivity index (χ0n) is 11.0. The normalized spacial score (nSPS) is 14.4. The van der Waals surface area contributed by atoms with Crippen LogP contribution in [0.15, 0.2) is 42.5 Å². The van der Waals surface area contributed by atoms with Crippen molar-refractivity contribution in [2.24, 2.45) is 0 Å². The Bertz CT molecular complexity index is 775. The van der Waals surface area contributed by atoms with Crippen molar-refractivity contribution in [1.82, 2.24) is 10.3 Å². The largest absolute Gasteiger partial charge is 0.356 e. The van der Waals surface area contributed by atoms with Crippen molar-refractivity contribution in [2.75, 3.05) is 6.54 Å². The van der Waals surface area contributed by atoms with Gasteiger partial charge in [-0.25, -0.2) is 4.39 Å². The van der Waals surface area contributed by atoms with E-state index in [4.69, 9.17) is 0 Å². The van der Waals surface area contributed by atoms with Crippen LogP contribution in [0.4, 0.5) is 4.39 Å². The minimum Gasteiger partial charge on any atom is -0.356 e. The van der Waals surface area contributed by atoms with Gasteiger partial charge in [0.2, 0.25) is 0 Å². The van der Waals surface area contributed by atoms with Crippen LogP contribution < -0.4 is 5.32 Å². The summed E-state index contributed by atoms with van der Waals surface area (Å²) >= 11 is 0. The van der Waals surface area contributed by atoms with Gasteiger partial charge in [0.15, 0.2) is 0 Å². The number of halogens is 1. The lowest BCUT2D eigenvalue weighted by Gasteiger charge is -2.14. The van der Waals surface area contributed by atoms with E-state index in [1.165, 1.54) is 11.3 Å². The minimum absolute atomic E-state index is 0.172. The van der Waals surface area contributed by atoms with Gasteiger partial charge in [0.25, 0.3) is 0 Å². The third-order valence-corrected chi connectivity index (χ3v) is 4.03. The van der Waals surface area contributed by atoms with E-state index < -0.39 is 0 Å². The molecule has 0 spiro atoms. The van der Waals surface area contributed by atoms with E-state index in [1.54, 1.807) is 6.07 Å². The minimum atomic E-state index is -0.172. The van der Waals surface area contributed by atoms with Crippen molar-refractivity contribution in [1.29, 1.82) is 0 Å². The maximum absolute atomic E-state index is 14.1. The summed E-state index contributed by atoms with van der Waals surface area (Å²) in [5, 5.41) is 4.40. The van der Waals surface area contributed by atoms with Crippen LogP contribution in [-0.4, -0.2) is 11.5 Å². The lowest BCUT2D eigenvalue weighted by molar-refractivity contribution is 0.633. The molecule has 20 heavy (non-hydrogen) atoms. The highest BCUT2D eigenvalue weighted by atomic mass is 19.1. The Labute approximate surface area is 116 Å². The van der Waals surface area contributed by atoms with Crippen molar-refractivity contribution >= 4 is 10.9 Å². The Morgan fingerprint density at radius 2 is 1.85 bits per heavy atom. The molecule has 0 radical (unpaired) electrons. The van der Waals surface area contributed by atoms with Crippen LogP contribution in [0.5, 0.6) is 0 Å². The highest BCUT2D eigenvalue weighted by Crippen LogP contribution is 2.35. The van der Waals surface area contributed by atoms with Gasteiger partial charge >= 0.3 is 0 Å². The van der Waals surface area contributed by atoms with Crippen molar-refractivity contribution in [3.8, 4) is 11.1 Å². The molecule has 100 valence electrons. The summed E-state index contributed by atoms with van der Waals surface area (Å²) in [6, 6.07) is 13.6. The summed E-state index contributed by atoms with van der Waals surface area (Å²) in [6.45, 7) is 1.75. The summed E-state index contributed by atoms with van der Waals surface area (Å²) in [6.07, 6.45) is 0.928. The molecule has 0 fully saturated rings. The second-order valence-electron chi connectivity index (χ2n) is 5.22. The van der Waals surface area contributed by atoms with Crippen LogP contribution in [0.3, 0.4) is 0 Å². The quantitative estimate of drug-likeness (QED) is 0.691. The summed E-state index contributed by atoms with van der Waals surface area (Å²) < 4.78 is 14.1. The van der Waals surface area contributed by atoms with Gasteiger partial charge in [-0.2, -0.15) is 0 Å². The Morgan fingerprint density at radius 3 is 2.70 bits per heavy atom. The monoisotopic (exact) mass is 266 g/mol. The SMILES string of the molecule is Fc1ccc(-c2ccccc2)c2c3c([nH]c12)CCNC3. The second-order valence-corrected chi connectivity index (χ2v) is 5.22. The molecule has 2 aromatic carbocycles. The van der Waals surface area contributed by atoms with Crippen LogP contribution in [0.1, 0.15) is 11.3 Å². The molecule has 2 heterocycles. The lowest BCUT2D eigenvalue weighted by Crippen LogP contribution is -2.22. The molecule has 2 nitrogen and oxygen atoms in total. The molecule has 1 aliphatic heterocycles. The van der Waals surface area contributed by atoms with E-state index in [-0.39, 0.29) is 5.82 Å². The number of benzene rings is 2. The number of H-pyrrole nitrogens is 1. The maximum Gasteiger partial charge on any atom is 0.147 e. The van der Waals surface area contributed by atoms with Crippen molar-refractivity contribution in [2.45, 2.75) is 13.0 Å². The van der Waals surface area contributed by atoms with E-state index in [0.29, 0.717) is 5.52 Å². The number of hydrogen-bond acceptors (Lipinski definition) is 1. The Kier molecular flexibility index (Phi) is 2.60. The van der Waals surface area contributed by atoms with Crippen LogP contribution in [0.2, 0.25) is 0 Å². The molecular weight excluding hydrogens is 251 g/mol. The van der Waals surface area contributed by atoms with E-state index in [2.05, 4.69) is 22.4 Å². The molecular formula is C17H15FN2. The predicted octanol–water partition coefficient (Wildman–Crippen LogP) is 3.62. The first-order valence-electron chi connectivity index (χ1n) is 6.92. The summed E-state index contributed by atoms with van der Waals surface area (Å²) in [5.74, 6) is -0.172. The van der Waals surface area contributed by atoms with Gasteiger partial charge in [0, 0.05) is 30.6 Å². The zero-order valence-corrected chi connectivity index (χ0v) is 11.0. The summed E-state index contributed by atoms with van der Waals surface area (Å²) in [7, 11) is 0. The van der Waals surface area contributed by atoms with Crippen LogP contribution in [0, 0.1) is 5.82 Å². The lowest BCUT2D eigenvalue weighted by atomic mass is 9.97. The van der Waals surface area contributed by atoms with Gasteiger partial charge in [-0.1, -0.05) is 36.4 Å². The van der Waals surface area contributed by atoms with Gasteiger partial charge in [0.1, 0.15) is 5.82 Å². The van der Waals surface area contributed by atoms with E-state index in [1.807, 2.05) is 24.3 Å². The molecule has 0 aliphatic carbocycles. The van der Waals surface area contributed by atoms with Crippen molar-refractivity contribution < 1.29 is 4.39 Å². The summed E-state index contributed by atoms with van der Waals surface area (Å²) in [5.41, 5.74) is 5.25. The standard InChI is InChI=1S/C17H15FN2/c18-14-7-6-12(11-4-2-1-3-5-11)16-13-10-19-9-8-15(13)20-17(14)16/h1-7,19-20H,8-10H2. The van der Waals surface area contributed by atoms with E-state index in [0.717, 1.165) is 36.0 Å². The topological polar surface area (TPSA) is 27.8 Å². The smallest absolute Gasteiger partial charge is 0.147 e. The van der Waals surface area contributed by atoms with Gasteiger partial charge in [0.05, 0.1) is 5.52 Å². The Balaban J connectivity index is 2.07. The van der Waals surface area contributed by atoms with E-state index >= 15 is 0 Å². The fraction of sp³-hybridized carbons (Fsp3) is 0.176. The van der Waals surface area contributed by atoms with Gasteiger partial charge in [-0.05, 0) is 22.8 Å². The molecule has 0 atom stereocenters. The first-order chi connectivity index (χ1) is 9.84.